The fourth-order valence-corrected chi connectivity index (χ4v) is 3.10. The number of hydrogen-bond donors (Lipinski definition) is 1. The standard InChI is InChI=1S/C15H21ClN4O2/c1-9-14(16)10(2)20(18-9)6-5-17-15(22)11-7-13(21)19(8-11)12-3-4-12/h11-12H,3-8H2,1-2H3,(H,17,22). The molecule has 7 heteroatoms. The molecule has 0 bridgehead atoms. The monoisotopic (exact) mass is 324 g/mol. The van der Waals surface area contributed by atoms with Gasteiger partial charge in [-0.3, -0.25) is 14.3 Å². The highest BCUT2D eigenvalue weighted by Crippen LogP contribution is 2.32. The van der Waals surface area contributed by atoms with Crippen molar-refractivity contribution in [3.05, 3.63) is 16.4 Å². The topological polar surface area (TPSA) is 67.2 Å². The molecule has 0 radical (unpaired) electrons. The van der Waals surface area contributed by atoms with Gasteiger partial charge in [0.1, 0.15) is 0 Å². The third-order valence-electron chi connectivity index (χ3n) is 4.43. The van der Waals surface area contributed by atoms with E-state index in [4.69, 9.17) is 11.6 Å². The number of carbonyl (C=O) groups excluding carboxylic acids is 2. The van der Waals surface area contributed by atoms with Crippen molar-refractivity contribution in [3.8, 4) is 0 Å². The summed E-state index contributed by atoms with van der Waals surface area (Å²) in [7, 11) is 0. The molecule has 0 aromatic carbocycles. The number of aromatic nitrogens is 2. The van der Waals surface area contributed by atoms with Crippen LogP contribution < -0.4 is 5.32 Å². The second-order valence-corrected chi connectivity index (χ2v) is 6.56. The predicted octanol–water partition coefficient (Wildman–Crippen LogP) is 1.28. The molecule has 2 aliphatic rings. The van der Waals surface area contributed by atoms with Gasteiger partial charge in [-0.05, 0) is 26.7 Å². The lowest BCUT2D eigenvalue weighted by molar-refractivity contribution is -0.129. The fourth-order valence-electron chi connectivity index (χ4n) is 2.97. The van der Waals surface area contributed by atoms with Crippen molar-refractivity contribution < 1.29 is 9.59 Å². The Labute approximate surface area is 134 Å². The summed E-state index contributed by atoms with van der Waals surface area (Å²) in [4.78, 5) is 25.9. The highest BCUT2D eigenvalue weighted by Gasteiger charge is 2.41. The number of nitrogens with one attached hydrogen (secondary N) is 1. The number of aryl methyl sites for hydroxylation is 1. The number of amides is 2. The minimum Gasteiger partial charge on any atom is -0.354 e. The third-order valence-corrected chi connectivity index (χ3v) is 4.98. The molecule has 1 N–H and O–H groups in total. The SMILES string of the molecule is Cc1nn(CCNC(=O)C2CC(=O)N(C3CC3)C2)c(C)c1Cl. The molecule has 6 nitrogen and oxygen atoms in total. The van der Waals surface area contributed by atoms with Gasteiger partial charge in [0.2, 0.25) is 11.8 Å². The first-order valence-corrected chi connectivity index (χ1v) is 8.12. The Bertz CT molecular complexity index is 609. The minimum absolute atomic E-state index is 0.0378. The second kappa shape index (κ2) is 5.91. The van der Waals surface area contributed by atoms with Crippen LogP contribution in [0.2, 0.25) is 5.02 Å². The van der Waals surface area contributed by atoms with Crippen molar-refractivity contribution in [1.29, 1.82) is 0 Å². The first kappa shape index (κ1) is 15.3. The summed E-state index contributed by atoms with van der Waals surface area (Å²) < 4.78 is 1.80. The van der Waals surface area contributed by atoms with Crippen LogP contribution >= 0.6 is 11.6 Å². The van der Waals surface area contributed by atoms with Crippen LogP contribution in [0.1, 0.15) is 30.7 Å². The Morgan fingerprint density at radius 2 is 2.14 bits per heavy atom. The number of halogens is 1. The molecule has 2 heterocycles. The molecule has 1 aliphatic carbocycles. The first-order valence-electron chi connectivity index (χ1n) is 7.74. The Morgan fingerprint density at radius 3 is 2.73 bits per heavy atom. The number of carbonyl (C=O) groups is 2. The zero-order valence-electron chi connectivity index (χ0n) is 12.9. The molecule has 1 aromatic heterocycles. The van der Waals surface area contributed by atoms with E-state index in [-0.39, 0.29) is 17.7 Å². The van der Waals surface area contributed by atoms with E-state index < -0.39 is 0 Å². The largest absolute Gasteiger partial charge is 0.354 e. The highest BCUT2D eigenvalue weighted by molar-refractivity contribution is 6.31. The zero-order chi connectivity index (χ0) is 15.9. The van der Waals surface area contributed by atoms with E-state index >= 15 is 0 Å². The third kappa shape index (κ3) is 2.97. The molecule has 1 saturated carbocycles. The summed E-state index contributed by atoms with van der Waals surface area (Å²) >= 11 is 6.10. The summed E-state index contributed by atoms with van der Waals surface area (Å²) in [6.45, 7) is 5.42. The maximum Gasteiger partial charge on any atom is 0.225 e. The van der Waals surface area contributed by atoms with Crippen molar-refractivity contribution in [3.63, 3.8) is 0 Å². The lowest BCUT2D eigenvalue weighted by atomic mass is 10.1. The Morgan fingerprint density at radius 1 is 1.41 bits per heavy atom. The van der Waals surface area contributed by atoms with Gasteiger partial charge >= 0.3 is 0 Å². The van der Waals surface area contributed by atoms with E-state index in [1.807, 2.05) is 18.7 Å². The maximum absolute atomic E-state index is 12.2. The molecule has 1 aromatic rings. The number of nitrogens with zero attached hydrogens (tertiary/aromatic N) is 3. The predicted molar refractivity (Wildman–Crippen MR) is 82.6 cm³/mol. The van der Waals surface area contributed by atoms with Crippen LogP contribution in [-0.4, -0.2) is 45.6 Å². The molecule has 3 rings (SSSR count). The smallest absolute Gasteiger partial charge is 0.225 e. The van der Waals surface area contributed by atoms with E-state index in [9.17, 15) is 9.59 Å². The van der Waals surface area contributed by atoms with Gasteiger partial charge in [-0.1, -0.05) is 11.6 Å². The average Bonchev–Trinajstić information content (AvgIpc) is 3.21. The summed E-state index contributed by atoms with van der Waals surface area (Å²) in [5.41, 5.74) is 1.70. The lowest BCUT2D eigenvalue weighted by Gasteiger charge is -2.15. The van der Waals surface area contributed by atoms with Crippen LogP contribution in [0, 0.1) is 19.8 Å². The maximum atomic E-state index is 12.2. The van der Waals surface area contributed by atoms with Crippen LogP contribution in [0.3, 0.4) is 0 Å². The Balaban J connectivity index is 1.48. The normalized spacial score (nSPS) is 21.5. The van der Waals surface area contributed by atoms with Crippen molar-refractivity contribution in [2.24, 2.45) is 5.92 Å². The van der Waals surface area contributed by atoms with Crippen LogP contribution in [0.15, 0.2) is 0 Å². The first-order chi connectivity index (χ1) is 10.5. The molecule has 0 spiro atoms. The quantitative estimate of drug-likeness (QED) is 0.887. The minimum atomic E-state index is -0.211. The number of likely N-dealkylation sites (tertiary alicyclic amines) is 1. The van der Waals surface area contributed by atoms with Gasteiger partial charge < -0.3 is 10.2 Å². The van der Waals surface area contributed by atoms with Crippen molar-refractivity contribution in [2.45, 2.75) is 45.7 Å². The van der Waals surface area contributed by atoms with Crippen molar-refractivity contribution in [1.82, 2.24) is 20.0 Å². The molecule has 2 fully saturated rings. The number of rotatable bonds is 5. The zero-order valence-corrected chi connectivity index (χ0v) is 13.7. The van der Waals surface area contributed by atoms with Crippen LogP contribution in [0.4, 0.5) is 0 Å². The van der Waals surface area contributed by atoms with Crippen LogP contribution in [0.5, 0.6) is 0 Å². The molecule has 2 amide bonds. The molecule has 1 unspecified atom stereocenters. The van der Waals surface area contributed by atoms with E-state index in [0.717, 1.165) is 24.2 Å². The van der Waals surface area contributed by atoms with Gasteiger partial charge in [0.15, 0.2) is 0 Å². The summed E-state index contributed by atoms with van der Waals surface area (Å²) in [5.74, 6) is -0.130. The molecular weight excluding hydrogens is 304 g/mol. The lowest BCUT2D eigenvalue weighted by Crippen LogP contribution is -2.35. The van der Waals surface area contributed by atoms with Crippen molar-refractivity contribution >= 4 is 23.4 Å². The van der Waals surface area contributed by atoms with Gasteiger partial charge in [-0.15, -0.1) is 0 Å². The Hall–Kier alpha value is -1.56. The second-order valence-electron chi connectivity index (χ2n) is 6.18. The van der Waals surface area contributed by atoms with Crippen LogP contribution in [0.25, 0.3) is 0 Å². The summed E-state index contributed by atoms with van der Waals surface area (Å²) in [6.07, 6.45) is 2.51. The summed E-state index contributed by atoms with van der Waals surface area (Å²) in [5, 5.41) is 7.91. The molecular formula is C15H21ClN4O2. The van der Waals surface area contributed by atoms with Gasteiger partial charge in [-0.2, -0.15) is 5.10 Å². The molecule has 120 valence electrons. The van der Waals surface area contributed by atoms with Gasteiger partial charge in [0, 0.05) is 25.6 Å². The molecule has 22 heavy (non-hydrogen) atoms. The fraction of sp³-hybridized carbons (Fsp3) is 0.667. The average molecular weight is 325 g/mol. The van der Waals surface area contributed by atoms with Crippen LogP contribution in [-0.2, 0) is 16.1 Å². The van der Waals surface area contributed by atoms with E-state index in [0.29, 0.717) is 37.1 Å². The van der Waals surface area contributed by atoms with Gasteiger partial charge in [0.25, 0.3) is 0 Å². The number of hydrogen-bond acceptors (Lipinski definition) is 3. The Kier molecular flexibility index (Phi) is 4.12. The van der Waals surface area contributed by atoms with E-state index in [1.54, 1.807) is 4.68 Å². The van der Waals surface area contributed by atoms with E-state index in [2.05, 4.69) is 10.4 Å². The highest BCUT2D eigenvalue weighted by atomic mass is 35.5. The van der Waals surface area contributed by atoms with Gasteiger partial charge in [-0.25, -0.2) is 0 Å². The van der Waals surface area contributed by atoms with Gasteiger partial charge in [0.05, 0.1) is 28.9 Å². The summed E-state index contributed by atoms with van der Waals surface area (Å²) in [6, 6.07) is 0.391. The molecule has 1 aliphatic heterocycles. The van der Waals surface area contributed by atoms with Crippen molar-refractivity contribution in [2.75, 3.05) is 13.1 Å². The van der Waals surface area contributed by atoms with E-state index in [1.165, 1.54) is 0 Å². The molecule has 1 saturated heterocycles. The molecule has 1 atom stereocenters.